The number of anilines is 1. The van der Waals surface area contributed by atoms with Crippen molar-refractivity contribution >= 4 is 5.82 Å². The van der Waals surface area contributed by atoms with Crippen molar-refractivity contribution in [2.24, 2.45) is 0 Å². The Balaban J connectivity index is 2.21. The van der Waals surface area contributed by atoms with Gasteiger partial charge in [0.05, 0.1) is 13.2 Å². The highest BCUT2D eigenvalue weighted by Gasteiger charge is 1.99. The first-order valence-corrected chi connectivity index (χ1v) is 5.48. The average molecular weight is 225 g/mol. The Morgan fingerprint density at radius 3 is 2.62 bits per heavy atom. The molecule has 0 amide bonds. The van der Waals surface area contributed by atoms with Crippen LogP contribution in [0.4, 0.5) is 5.82 Å². The largest absolute Gasteiger partial charge is 0.384 e. The van der Waals surface area contributed by atoms with Gasteiger partial charge in [-0.15, -0.1) is 0 Å². The van der Waals surface area contributed by atoms with E-state index < -0.39 is 0 Å². The number of nitrogens with two attached hydrogens (primary N) is 1. The molecule has 0 aromatic carbocycles. The fourth-order valence-electron chi connectivity index (χ4n) is 1.25. The molecule has 1 aromatic rings. The first-order chi connectivity index (χ1) is 7.72. The summed E-state index contributed by atoms with van der Waals surface area (Å²) in [5, 5.41) is 0. The van der Waals surface area contributed by atoms with Gasteiger partial charge >= 0.3 is 0 Å². The molecule has 0 saturated carbocycles. The lowest BCUT2D eigenvalue weighted by atomic mass is 10.4. The molecule has 0 unspecified atom stereocenters. The van der Waals surface area contributed by atoms with Gasteiger partial charge in [0, 0.05) is 18.4 Å². The molecule has 0 saturated heterocycles. The smallest absolute Gasteiger partial charge is 0.156 e. The van der Waals surface area contributed by atoms with Gasteiger partial charge in [-0.05, 0) is 13.3 Å². The number of ether oxygens (including phenoxy) is 2. The molecule has 0 atom stereocenters. The Morgan fingerprint density at radius 2 is 1.94 bits per heavy atom. The summed E-state index contributed by atoms with van der Waals surface area (Å²) in [7, 11) is 0. The van der Waals surface area contributed by atoms with Crippen LogP contribution >= 0.6 is 0 Å². The molecule has 0 aliphatic heterocycles. The molecule has 0 spiro atoms. The maximum absolute atomic E-state index is 5.60. The predicted octanol–water partition coefficient (Wildman–Crippen LogP) is 1.31. The zero-order chi connectivity index (χ0) is 11.8. The summed E-state index contributed by atoms with van der Waals surface area (Å²) in [4.78, 5) is 8.28. The Hall–Kier alpha value is -1.20. The minimum atomic E-state index is 0.376. The van der Waals surface area contributed by atoms with Crippen LogP contribution in [0, 0.1) is 6.92 Å². The fourth-order valence-corrected chi connectivity index (χ4v) is 1.25. The van der Waals surface area contributed by atoms with Crippen molar-refractivity contribution in [3.05, 3.63) is 17.6 Å². The highest BCUT2D eigenvalue weighted by molar-refractivity contribution is 5.28. The molecule has 90 valence electrons. The highest BCUT2D eigenvalue weighted by atomic mass is 16.5. The number of rotatable bonds is 7. The van der Waals surface area contributed by atoms with Crippen LogP contribution in [0.5, 0.6) is 0 Å². The fraction of sp³-hybridized carbons (Fsp3) is 0.636. The molecule has 0 aliphatic rings. The van der Waals surface area contributed by atoms with E-state index in [9.17, 15) is 0 Å². The summed E-state index contributed by atoms with van der Waals surface area (Å²) in [6, 6.07) is 1.73. The molecule has 1 aromatic heterocycles. The summed E-state index contributed by atoms with van der Waals surface area (Å²) >= 11 is 0. The van der Waals surface area contributed by atoms with Crippen LogP contribution in [0.25, 0.3) is 0 Å². The van der Waals surface area contributed by atoms with Crippen molar-refractivity contribution in [3.63, 3.8) is 0 Å². The monoisotopic (exact) mass is 225 g/mol. The minimum Gasteiger partial charge on any atom is -0.384 e. The van der Waals surface area contributed by atoms with Gasteiger partial charge < -0.3 is 15.2 Å². The van der Waals surface area contributed by atoms with E-state index in [4.69, 9.17) is 15.2 Å². The van der Waals surface area contributed by atoms with E-state index in [1.165, 1.54) is 0 Å². The van der Waals surface area contributed by atoms with Gasteiger partial charge in [-0.2, -0.15) is 0 Å². The third-order valence-corrected chi connectivity index (χ3v) is 1.87. The van der Waals surface area contributed by atoms with E-state index in [1.807, 2.05) is 6.92 Å². The Kier molecular flexibility index (Phi) is 5.74. The summed E-state index contributed by atoms with van der Waals surface area (Å²) in [6.45, 7) is 6.26. The van der Waals surface area contributed by atoms with E-state index in [0.29, 0.717) is 31.5 Å². The topological polar surface area (TPSA) is 70.3 Å². The van der Waals surface area contributed by atoms with Crippen LogP contribution in [0.3, 0.4) is 0 Å². The Labute approximate surface area is 96.0 Å². The van der Waals surface area contributed by atoms with Crippen molar-refractivity contribution in [1.82, 2.24) is 9.97 Å². The van der Waals surface area contributed by atoms with Gasteiger partial charge in [0.15, 0.2) is 5.82 Å². The summed E-state index contributed by atoms with van der Waals surface area (Å²) in [5.74, 6) is 1.10. The van der Waals surface area contributed by atoms with Gasteiger partial charge in [0.1, 0.15) is 12.4 Å². The normalized spacial score (nSPS) is 10.6. The van der Waals surface area contributed by atoms with Gasteiger partial charge in [-0.25, -0.2) is 9.97 Å². The van der Waals surface area contributed by atoms with Crippen molar-refractivity contribution in [2.75, 3.05) is 25.6 Å². The average Bonchev–Trinajstić information content (AvgIpc) is 2.22. The maximum atomic E-state index is 5.60. The second-order valence-electron chi connectivity index (χ2n) is 3.52. The SMILES string of the molecule is CCCOCCOCc1nc(C)cc(N)n1. The lowest BCUT2D eigenvalue weighted by molar-refractivity contribution is 0.0385. The molecular weight excluding hydrogens is 206 g/mol. The lowest BCUT2D eigenvalue weighted by Crippen LogP contribution is -2.08. The third kappa shape index (κ3) is 5.04. The van der Waals surface area contributed by atoms with Crippen LogP contribution in [-0.4, -0.2) is 29.8 Å². The van der Waals surface area contributed by atoms with Crippen LogP contribution in [0.2, 0.25) is 0 Å². The van der Waals surface area contributed by atoms with E-state index in [0.717, 1.165) is 18.7 Å². The summed E-state index contributed by atoms with van der Waals surface area (Å²) < 4.78 is 10.6. The number of nitrogens with zero attached hydrogens (tertiary/aromatic N) is 2. The minimum absolute atomic E-state index is 0.376. The van der Waals surface area contributed by atoms with Gasteiger partial charge in [-0.3, -0.25) is 0 Å². The highest BCUT2D eigenvalue weighted by Crippen LogP contribution is 2.02. The van der Waals surface area contributed by atoms with Gasteiger partial charge in [0.2, 0.25) is 0 Å². The van der Waals surface area contributed by atoms with E-state index in [-0.39, 0.29) is 0 Å². The van der Waals surface area contributed by atoms with E-state index >= 15 is 0 Å². The van der Waals surface area contributed by atoms with Crippen LogP contribution < -0.4 is 5.73 Å². The Bertz CT molecular complexity index is 298. The third-order valence-electron chi connectivity index (χ3n) is 1.87. The van der Waals surface area contributed by atoms with Gasteiger partial charge in [0.25, 0.3) is 0 Å². The molecule has 0 bridgehead atoms. The number of hydrogen-bond donors (Lipinski definition) is 1. The summed E-state index contributed by atoms with van der Waals surface area (Å²) in [5.41, 5.74) is 6.45. The quantitative estimate of drug-likeness (QED) is 0.708. The molecule has 5 heteroatoms. The molecule has 0 aliphatic carbocycles. The first kappa shape index (κ1) is 12.9. The van der Waals surface area contributed by atoms with E-state index in [1.54, 1.807) is 6.07 Å². The van der Waals surface area contributed by atoms with Crippen molar-refractivity contribution in [2.45, 2.75) is 26.9 Å². The van der Waals surface area contributed by atoms with Crippen molar-refractivity contribution in [1.29, 1.82) is 0 Å². The number of aryl methyl sites for hydroxylation is 1. The standard InChI is InChI=1S/C11H19N3O2/c1-3-4-15-5-6-16-8-11-13-9(2)7-10(12)14-11/h7H,3-6,8H2,1-2H3,(H2,12,13,14). The Morgan fingerprint density at radius 1 is 1.19 bits per heavy atom. The molecule has 0 radical (unpaired) electrons. The first-order valence-electron chi connectivity index (χ1n) is 5.48. The number of aromatic nitrogens is 2. The summed E-state index contributed by atoms with van der Waals surface area (Å²) in [6.07, 6.45) is 1.03. The number of hydrogen-bond acceptors (Lipinski definition) is 5. The molecule has 1 rings (SSSR count). The predicted molar refractivity (Wildman–Crippen MR) is 61.9 cm³/mol. The van der Waals surface area contributed by atoms with Gasteiger partial charge in [-0.1, -0.05) is 6.92 Å². The van der Waals surface area contributed by atoms with Crippen LogP contribution in [0.15, 0.2) is 6.07 Å². The van der Waals surface area contributed by atoms with Crippen LogP contribution in [0.1, 0.15) is 24.9 Å². The molecular formula is C11H19N3O2. The van der Waals surface area contributed by atoms with E-state index in [2.05, 4.69) is 16.9 Å². The van der Waals surface area contributed by atoms with Crippen molar-refractivity contribution in [3.8, 4) is 0 Å². The molecule has 1 heterocycles. The van der Waals surface area contributed by atoms with Crippen molar-refractivity contribution < 1.29 is 9.47 Å². The molecule has 5 nitrogen and oxygen atoms in total. The zero-order valence-corrected chi connectivity index (χ0v) is 9.90. The zero-order valence-electron chi connectivity index (χ0n) is 9.90. The molecule has 2 N–H and O–H groups in total. The van der Waals surface area contributed by atoms with Crippen LogP contribution in [-0.2, 0) is 16.1 Å². The number of nitrogen functional groups attached to an aromatic ring is 1. The molecule has 16 heavy (non-hydrogen) atoms. The lowest BCUT2D eigenvalue weighted by Gasteiger charge is -2.05. The second kappa shape index (κ2) is 7.14. The molecule has 0 fully saturated rings. The second-order valence-corrected chi connectivity index (χ2v) is 3.52. The maximum Gasteiger partial charge on any atom is 0.156 e.